The summed E-state index contributed by atoms with van der Waals surface area (Å²) in [6, 6.07) is 18.8. The highest BCUT2D eigenvalue weighted by Gasteiger charge is 2.17. The molecule has 2 heterocycles. The van der Waals surface area contributed by atoms with E-state index in [0.717, 1.165) is 29.4 Å². The number of rotatable bonds is 8. The maximum atomic E-state index is 12.4. The van der Waals surface area contributed by atoms with Gasteiger partial charge in [0.05, 0.1) is 16.6 Å². The molecule has 1 amide bonds. The van der Waals surface area contributed by atoms with E-state index in [0.29, 0.717) is 17.8 Å². The van der Waals surface area contributed by atoms with E-state index in [1.807, 2.05) is 12.1 Å². The average molecular weight is 470 g/mol. The van der Waals surface area contributed by atoms with E-state index in [-0.39, 0.29) is 16.9 Å². The van der Waals surface area contributed by atoms with Crippen LogP contribution in [-0.4, -0.2) is 38.6 Å². The molecule has 1 saturated heterocycles. The second-order valence-electron chi connectivity index (χ2n) is 7.28. The van der Waals surface area contributed by atoms with Crippen molar-refractivity contribution in [3.63, 3.8) is 0 Å². The van der Waals surface area contributed by atoms with Gasteiger partial charge in [0.25, 0.3) is 15.9 Å². The quantitative estimate of drug-likeness (QED) is 0.519. The lowest BCUT2D eigenvalue weighted by Gasteiger charge is -2.11. The summed E-state index contributed by atoms with van der Waals surface area (Å²) in [6.07, 6.45) is 3.66. The van der Waals surface area contributed by atoms with Crippen molar-refractivity contribution in [2.75, 3.05) is 17.9 Å². The highest BCUT2D eigenvalue weighted by atomic mass is 32.2. The molecule has 3 aromatic rings. The first-order valence-corrected chi connectivity index (χ1v) is 12.5. The maximum absolute atomic E-state index is 12.4. The summed E-state index contributed by atoms with van der Waals surface area (Å²) in [6.45, 7) is 1.27. The summed E-state index contributed by atoms with van der Waals surface area (Å²) in [4.78, 5) is 17.7. The molecule has 4 rings (SSSR count). The van der Waals surface area contributed by atoms with E-state index in [9.17, 15) is 13.2 Å². The van der Waals surface area contributed by atoms with Crippen LogP contribution < -0.4 is 10.0 Å². The van der Waals surface area contributed by atoms with Gasteiger partial charge < -0.3 is 10.1 Å². The molecule has 166 valence electrons. The fourth-order valence-corrected chi connectivity index (χ4v) is 5.05. The number of ether oxygens (including phenoxy) is 1. The van der Waals surface area contributed by atoms with Gasteiger partial charge >= 0.3 is 0 Å². The van der Waals surface area contributed by atoms with Gasteiger partial charge in [0.1, 0.15) is 5.03 Å². The average Bonchev–Trinajstić information content (AvgIpc) is 3.33. The van der Waals surface area contributed by atoms with Crippen molar-refractivity contribution in [2.45, 2.75) is 33.8 Å². The molecule has 2 N–H and O–H groups in total. The van der Waals surface area contributed by atoms with Gasteiger partial charge in [-0.15, -0.1) is 0 Å². The predicted octanol–water partition coefficient (Wildman–Crippen LogP) is 3.94. The lowest BCUT2D eigenvalue weighted by molar-refractivity contribution is 0.0857. The number of carbonyl (C=O) groups excluding carboxylic acids is 1. The summed E-state index contributed by atoms with van der Waals surface area (Å²) >= 11 is 1.42. The number of nitrogens with zero attached hydrogens (tertiary/aromatic N) is 1. The summed E-state index contributed by atoms with van der Waals surface area (Å²) in [5, 5.41) is 3.61. The van der Waals surface area contributed by atoms with E-state index in [4.69, 9.17) is 4.74 Å². The van der Waals surface area contributed by atoms with Crippen LogP contribution >= 0.6 is 11.8 Å². The predicted molar refractivity (Wildman–Crippen MR) is 123 cm³/mol. The SMILES string of the molecule is O=C(NCC1CCCO1)c1ccc(Sc2ccc(NS(=O)(=O)c3ccccc3)cc2)nc1. The normalized spacial score (nSPS) is 15.9. The fourth-order valence-electron chi connectivity index (χ4n) is 3.21. The first-order valence-electron chi connectivity index (χ1n) is 10.2. The van der Waals surface area contributed by atoms with Crippen molar-refractivity contribution in [3.05, 3.63) is 78.5 Å². The van der Waals surface area contributed by atoms with Crippen molar-refractivity contribution in [1.82, 2.24) is 10.3 Å². The lowest BCUT2D eigenvalue weighted by atomic mass is 10.2. The second kappa shape index (κ2) is 10.2. The maximum Gasteiger partial charge on any atom is 0.261 e. The van der Waals surface area contributed by atoms with Crippen LogP contribution in [-0.2, 0) is 14.8 Å². The number of carbonyl (C=O) groups is 1. The van der Waals surface area contributed by atoms with Gasteiger partial charge in [-0.2, -0.15) is 0 Å². The van der Waals surface area contributed by atoms with Crippen LogP contribution in [0.5, 0.6) is 0 Å². The van der Waals surface area contributed by atoms with Gasteiger partial charge in [-0.1, -0.05) is 30.0 Å². The van der Waals surface area contributed by atoms with Gasteiger partial charge in [0.15, 0.2) is 0 Å². The monoisotopic (exact) mass is 469 g/mol. The van der Waals surface area contributed by atoms with Crippen LogP contribution in [0, 0.1) is 0 Å². The number of hydrogen-bond acceptors (Lipinski definition) is 6. The zero-order valence-corrected chi connectivity index (χ0v) is 18.9. The number of aromatic nitrogens is 1. The molecule has 32 heavy (non-hydrogen) atoms. The van der Waals surface area contributed by atoms with E-state index < -0.39 is 10.0 Å². The van der Waals surface area contributed by atoms with Gasteiger partial charge in [0, 0.05) is 29.9 Å². The Bertz CT molecular complexity index is 1150. The van der Waals surface area contributed by atoms with Crippen molar-refractivity contribution in [3.8, 4) is 0 Å². The zero-order valence-electron chi connectivity index (χ0n) is 17.2. The highest BCUT2D eigenvalue weighted by Crippen LogP contribution is 2.27. The van der Waals surface area contributed by atoms with Gasteiger partial charge in [-0.05, 0) is 61.4 Å². The lowest BCUT2D eigenvalue weighted by Crippen LogP contribution is -2.31. The Morgan fingerprint density at radius 3 is 2.50 bits per heavy atom. The summed E-state index contributed by atoms with van der Waals surface area (Å²) in [5.41, 5.74) is 0.974. The standard InChI is InChI=1S/C23H23N3O4S2/c27-23(25-16-19-5-4-14-30-19)17-8-13-22(24-15-17)31-20-11-9-18(10-12-20)26-32(28,29)21-6-2-1-3-7-21/h1-3,6-13,15,19,26H,4-5,14,16H2,(H,25,27). The third kappa shape index (κ3) is 5.87. The molecule has 0 aliphatic carbocycles. The first-order chi connectivity index (χ1) is 15.5. The summed E-state index contributed by atoms with van der Waals surface area (Å²) < 4.78 is 32.9. The Kier molecular flexibility index (Phi) is 7.09. The summed E-state index contributed by atoms with van der Waals surface area (Å²) in [5.74, 6) is -0.167. The van der Waals surface area contributed by atoms with E-state index in [1.165, 1.54) is 11.8 Å². The summed E-state index contributed by atoms with van der Waals surface area (Å²) in [7, 11) is -3.62. The van der Waals surface area contributed by atoms with Crippen molar-refractivity contribution >= 4 is 33.4 Å². The number of anilines is 1. The molecule has 1 aliphatic rings. The largest absolute Gasteiger partial charge is 0.376 e. The third-order valence-corrected chi connectivity index (χ3v) is 7.25. The first kappa shape index (κ1) is 22.3. The number of sulfonamides is 1. The number of nitrogens with one attached hydrogen (secondary N) is 2. The molecule has 0 spiro atoms. The fraction of sp³-hybridized carbons (Fsp3) is 0.217. The minimum absolute atomic E-state index is 0.0990. The Labute approximate surface area is 191 Å². The van der Waals surface area contributed by atoms with E-state index in [1.54, 1.807) is 60.8 Å². The van der Waals surface area contributed by atoms with Crippen molar-refractivity contribution < 1.29 is 17.9 Å². The molecular formula is C23H23N3O4S2. The Balaban J connectivity index is 1.32. The van der Waals surface area contributed by atoms with Gasteiger partial charge in [-0.3, -0.25) is 9.52 Å². The minimum Gasteiger partial charge on any atom is -0.376 e. The molecule has 2 aromatic carbocycles. The Hall–Kier alpha value is -2.88. The number of pyridine rings is 1. The smallest absolute Gasteiger partial charge is 0.261 e. The Morgan fingerprint density at radius 2 is 1.84 bits per heavy atom. The molecule has 0 radical (unpaired) electrons. The minimum atomic E-state index is -3.62. The molecule has 1 atom stereocenters. The molecule has 7 nitrogen and oxygen atoms in total. The van der Waals surface area contributed by atoms with E-state index >= 15 is 0 Å². The molecule has 9 heteroatoms. The molecule has 0 saturated carbocycles. The van der Waals surface area contributed by atoms with Crippen LogP contribution in [0.2, 0.25) is 0 Å². The third-order valence-electron chi connectivity index (χ3n) is 4.90. The van der Waals surface area contributed by atoms with Crippen molar-refractivity contribution in [2.24, 2.45) is 0 Å². The number of benzene rings is 2. The molecule has 1 aromatic heterocycles. The van der Waals surface area contributed by atoms with Gasteiger partial charge in [-0.25, -0.2) is 13.4 Å². The molecule has 1 fully saturated rings. The van der Waals surface area contributed by atoms with Crippen LogP contribution in [0.4, 0.5) is 5.69 Å². The van der Waals surface area contributed by atoms with Crippen molar-refractivity contribution in [1.29, 1.82) is 0 Å². The molecule has 0 bridgehead atoms. The molecular weight excluding hydrogens is 446 g/mol. The van der Waals surface area contributed by atoms with Crippen LogP contribution in [0.15, 0.2) is 87.7 Å². The topological polar surface area (TPSA) is 97.4 Å². The second-order valence-corrected chi connectivity index (χ2v) is 10.1. The molecule has 1 aliphatic heterocycles. The van der Waals surface area contributed by atoms with Gasteiger partial charge in [0.2, 0.25) is 0 Å². The highest BCUT2D eigenvalue weighted by molar-refractivity contribution is 7.99. The molecule has 1 unspecified atom stereocenters. The van der Waals surface area contributed by atoms with E-state index in [2.05, 4.69) is 15.0 Å². The van der Waals surface area contributed by atoms with Crippen LogP contribution in [0.3, 0.4) is 0 Å². The number of amides is 1. The van der Waals surface area contributed by atoms with Crippen LogP contribution in [0.1, 0.15) is 23.2 Å². The van der Waals surface area contributed by atoms with Crippen LogP contribution in [0.25, 0.3) is 0 Å². The Morgan fingerprint density at radius 1 is 1.06 bits per heavy atom. The number of hydrogen-bond donors (Lipinski definition) is 2. The zero-order chi connectivity index (χ0) is 22.4.